The molecule has 1 aromatic heterocycles. The van der Waals surface area contributed by atoms with Gasteiger partial charge in [-0.3, -0.25) is 9.59 Å². The molecule has 0 aliphatic carbocycles. The Labute approximate surface area is 127 Å². The van der Waals surface area contributed by atoms with Crippen LogP contribution in [-0.4, -0.2) is 30.1 Å². The van der Waals surface area contributed by atoms with Crippen LogP contribution in [0.4, 0.5) is 5.82 Å². The van der Waals surface area contributed by atoms with E-state index in [1.807, 2.05) is 0 Å². The van der Waals surface area contributed by atoms with E-state index in [0.29, 0.717) is 22.9 Å². The van der Waals surface area contributed by atoms with Gasteiger partial charge in [0.25, 0.3) is 5.91 Å². The third kappa shape index (κ3) is 3.85. The summed E-state index contributed by atoms with van der Waals surface area (Å²) in [5.74, 6) is 0.832. The van der Waals surface area contributed by atoms with E-state index in [1.165, 1.54) is 0 Å². The fourth-order valence-electron chi connectivity index (χ4n) is 1.75. The number of nitrogens with one attached hydrogen (secondary N) is 2. The molecule has 0 fully saturated rings. The van der Waals surface area contributed by atoms with Gasteiger partial charge in [0.1, 0.15) is 17.6 Å². The summed E-state index contributed by atoms with van der Waals surface area (Å²) in [6, 6.07) is 7.48. The van der Waals surface area contributed by atoms with Crippen molar-refractivity contribution in [3.05, 3.63) is 41.7 Å². The van der Waals surface area contributed by atoms with Gasteiger partial charge in [0, 0.05) is 11.6 Å². The summed E-state index contributed by atoms with van der Waals surface area (Å²) in [6.45, 7) is 3.31. The Morgan fingerprint density at radius 2 is 1.95 bits per heavy atom. The van der Waals surface area contributed by atoms with Crippen molar-refractivity contribution in [1.82, 2.24) is 10.5 Å². The van der Waals surface area contributed by atoms with Crippen LogP contribution >= 0.6 is 0 Å². The van der Waals surface area contributed by atoms with Crippen LogP contribution in [0.2, 0.25) is 0 Å². The van der Waals surface area contributed by atoms with Crippen LogP contribution in [0.25, 0.3) is 0 Å². The summed E-state index contributed by atoms with van der Waals surface area (Å²) in [6.07, 6.45) is 0. The van der Waals surface area contributed by atoms with Crippen molar-refractivity contribution >= 4 is 17.6 Å². The van der Waals surface area contributed by atoms with E-state index < -0.39 is 6.04 Å². The second-order valence-electron chi connectivity index (χ2n) is 4.74. The Kier molecular flexibility index (Phi) is 4.77. The molecule has 2 aromatic rings. The number of hydrogen-bond acceptors (Lipinski definition) is 5. The third-order valence-corrected chi connectivity index (χ3v) is 2.97. The Balaban J connectivity index is 1.93. The van der Waals surface area contributed by atoms with Crippen LogP contribution in [0.5, 0.6) is 5.75 Å². The highest BCUT2D eigenvalue weighted by atomic mass is 16.5. The zero-order valence-corrected chi connectivity index (χ0v) is 12.5. The zero-order valence-electron chi connectivity index (χ0n) is 12.5. The number of hydrogen-bond donors (Lipinski definition) is 2. The topological polar surface area (TPSA) is 93.5 Å². The first-order chi connectivity index (χ1) is 10.5. The SMILES string of the molecule is COc1ccc(C(=O)N[C@@H](C)C(=O)Nc2cc(C)on2)cc1. The summed E-state index contributed by atoms with van der Waals surface area (Å²) in [5, 5.41) is 8.83. The molecule has 0 saturated carbocycles. The largest absolute Gasteiger partial charge is 0.497 e. The molecule has 7 nitrogen and oxygen atoms in total. The lowest BCUT2D eigenvalue weighted by atomic mass is 10.2. The number of anilines is 1. The van der Waals surface area contributed by atoms with E-state index in [0.717, 1.165) is 0 Å². The highest BCUT2D eigenvalue weighted by Crippen LogP contribution is 2.11. The van der Waals surface area contributed by atoms with Gasteiger partial charge in [-0.05, 0) is 38.1 Å². The summed E-state index contributed by atoms with van der Waals surface area (Å²) >= 11 is 0. The number of aromatic nitrogens is 1. The summed E-state index contributed by atoms with van der Waals surface area (Å²) in [4.78, 5) is 24.0. The molecular formula is C15H17N3O4. The van der Waals surface area contributed by atoms with Crippen molar-refractivity contribution in [2.75, 3.05) is 12.4 Å². The average molecular weight is 303 g/mol. The molecule has 0 spiro atoms. The maximum atomic E-state index is 12.0. The number of rotatable bonds is 5. The third-order valence-electron chi connectivity index (χ3n) is 2.97. The second kappa shape index (κ2) is 6.75. The summed E-state index contributed by atoms with van der Waals surface area (Å²) in [7, 11) is 1.55. The van der Waals surface area contributed by atoms with Crippen LogP contribution in [0.15, 0.2) is 34.9 Å². The highest BCUT2D eigenvalue weighted by Gasteiger charge is 2.17. The highest BCUT2D eigenvalue weighted by molar-refractivity contribution is 6.00. The van der Waals surface area contributed by atoms with Gasteiger partial charge in [-0.15, -0.1) is 0 Å². The maximum absolute atomic E-state index is 12.0. The van der Waals surface area contributed by atoms with Gasteiger partial charge in [0.2, 0.25) is 5.91 Å². The maximum Gasteiger partial charge on any atom is 0.251 e. The van der Waals surface area contributed by atoms with E-state index >= 15 is 0 Å². The average Bonchev–Trinajstić information content (AvgIpc) is 2.92. The van der Waals surface area contributed by atoms with Gasteiger partial charge in [-0.2, -0.15) is 0 Å². The second-order valence-corrected chi connectivity index (χ2v) is 4.74. The lowest BCUT2D eigenvalue weighted by Gasteiger charge is -2.13. The number of carbonyl (C=O) groups excluding carboxylic acids is 2. The van der Waals surface area contributed by atoms with Crippen LogP contribution in [-0.2, 0) is 4.79 Å². The van der Waals surface area contributed by atoms with Crippen molar-refractivity contribution in [1.29, 1.82) is 0 Å². The van der Waals surface area contributed by atoms with Crippen molar-refractivity contribution in [3.8, 4) is 5.75 Å². The fourth-order valence-corrected chi connectivity index (χ4v) is 1.75. The van der Waals surface area contributed by atoms with Gasteiger partial charge in [0.15, 0.2) is 5.82 Å². The standard InChI is InChI=1S/C15H17N3O4/c1-9-8-13(18-22-9)17-14(19)10(2)16-15(20)11-4-6-12(21-3)7-5-11/h4-8,10H,1-3H3,(H,16,20)(H,17,18,19)/t10-/m0/s1. The first-order valence-electron chi connectivity index (χ1n) is 6.68. The minimum atomic E-state index is -0.716. The van der Waals surface area contributed by atoms with Crippen LogP contribution in [0.3, 0.4) is 0 Å². The number of carbonyl (C=O) groups is 2. The van der Waals surface area contributed by atoms with Gasteiger partial charge in [-0.1, -0.05) is 5.16 Å². The molecule has 0 bridgehead atoms. The van der Waals surface area contributed by atoms with E-state index in [9.17, 15) is 9.59 Å². The molecule has 7 heteroatoms. The van der Waals surface area contributed by atoms with Gasteiger partial charge < -0.3 is 19.9 Å². The van der Waals surface area contributed by atoms with E-state index in [2.05, 4.69) is 15.8 Å². The van der Waals surface area contributed by atoms with E-state index in [1.54, 1.807) is 51.3 Å². The molecule has 22 heavy (non-hydrogen) atoms. The van der Waals surface area contributed by atoms with Crippen molar-refractivity contribution in [2.24, 2.45) is 0 Å². The normalized spacial score (nSPS) is 11.6. The monoisotopic (exact) mass is 303 g/mol. The number of ether oxygens (including phenoxy) is 1. The molecule has 116 valence electrons. The number of benzene rings is 1. The predicted octanol–water partition coefficient (Wildman–Crippen LogP) is 1.75. The van der Waals surface area contributed by atoms with Gasteiger partial charge >= 0.3 is 0 Å². The molecule has 1 aromatic carbocycles. The molecule has 2 amide bonds. The van der Waals surface area contributed by atoms with Crippen molar-refractivity contribution in [3.63, 3.8) is 0 Å². The number of aryl methyl sites for hydroxylation is 1. The Morgan fingerprint density at radius 1 is 1.27 bits per heavy atom. The van der Waals surface area contributed by atoms with Crippen LogP contribution in [0.1, 0.15) is 23.0 Å². The minimum absolute atomic E-state index is 0.313. The molecule has 1 atom stereocenters. The number of amides is 2. The van der Waals surface area contributed by atoms with E-state index in [4.69, 9.17) is 9.26 Å². The molecule has 0 aliphatic heterocycles. The molecule has 1 heterocycles. The molecule has 0 aliphatic rings. The van der Waals surface area contributed by atoms with E-state index in [-0.39, 0.29) is 11.8 Å². The molecule has 0 unspecified atom stereocenters. The number of methoxy groups -OCH3 is 1. The van der Waals surface area contributed by atoms with Crippen molar-refractivity contribution < 1.29 is 18.8 Å². The van der Waals surface area contributed by atoms with Gasteiger partial charge in [-0.25, -0.2) is 0 Å². The molecule has 2 rings (SSSR count). The number of nitrogens with zero attached hydrogens (tertiary/aromatic N) is 1. The first kappa shape index (κ1) is 15.6. The van der Waals surface area contributed by atoms with Crippen molar-refractivity contribution in [2.45, 2.75) is 19.9 Å². The smallest absolute Gasteiger partial charge is 0.251 e. The Bertz CT molecular complexity index is 664. The fraction of sp³-hybridized carbons (Fsp3) is 0.267. The molecule has 2 N–H and O–H groups in total. The quantitative estimate of drug-likeness (QED) is 0.877. The summed E-state index contributed by atoms with van der Waals surface area (Å²) < 4.78 is 9.88. The zero-order chi connectivity index (χ0) is 16.1. The predicted molar refractivity (Wildman–Crippen MR) is 79.8 cm³/mol. The van der Waals surface area contributed by atoms with Gasteiger partial charge in [0.05, 0.1) is 7.11 Å². The first-order valence-corrected chi connectivity index (χ1v) is 6.68. The summed E-state index contributed by atoms with van der Waals surface area (Å²) in [5.41, 5.74) is 0.442. The molecular weight excluding hydrogens is 286 g/mol. The Hall–Kier alpha value is -2.83. The Morgan fingerprint density at radius 3 is 2.50 bits per heavy atom. The lowest BCUT2D eigenvalue weighted by Crippen LogP contribution is -2.41. The van der Waals surface area contributed by atoms with Crippen LogP contribution < -0.4 is 15.4 Å². The molecule has 0 saturated heterocycles. The molecule has 0 radical (unpaired) electrons. The minimum Gasteiger partial charge on any atom is -0.497 e. The lowest BCUT2D eigenvalue weighted by molar-refractivity contribution is -0.117. The van der Waals surface area contributed by atoms with Crippen LogP contribution in [0, 0.1) is 6.92 Å².